The molecule has 0 bridgehead atoms. The molecule has 0 saturated heterocycles. The maximum atomic E-state index is 8.96. The third kappa shape index (κ3) is 4.64. The van der Waals surface area contributed by atoms with E-state index in [9.17, 15) is 0 Å². The molecule has 4 atom stereocenters. The quantitative estimate of drug-likeness (QED) is 0.754. The molecule has 1 rings (SSSR count). The van der Waals surface area contributed by atoms with Gasteiger partial charge in [-0.05, 0) is 38.1 Å². The van der Waals surface area contributed by atoms with Gasteiger partial charge in [0.05, 0.1) is 0 Å². The van der Waals surface area contributed by atoms with Crippen molar-refractivity contribution in [2.24, 2.45) is 5.92 Å². The molecule has 3 heteroatoms. The van der Waals surface area contributed by atoms with Crippen LogP contribution >= 0.6 is 11.8 Å². The molecule has 0 aliphatic heterocycles. The van der Waals surface area contributed by atoms with E-state index in [0.29, 0.717) is 17.9 Å². The van der Waals surface area contributed by atoms with Gasteiger partial charge >= 0.3 is 0 Å². The van der Waals surface area contributed by atoms with Crippen LogP contribution in [0.5, 0.6) is 0 Å². The Morgan fingerprint density at radius 3 is 2.81 bits per heavy atom. The number of hydrogen-bond donors (Lipinski definition) is 2. The first-order chi connectivity index (χ1) is 7.67. The van der Waals surface area contributed by atoms with E-state index in [1.807, 2.05) is 0 Å². The highest BCUT2D eigenvalue weighted by Gasteiger charge is 2.29. The average Bonchev–Trinajstić information content (AvgIpc) is 2.22. The summed E-state index contributed by atoms with van der Waals surface area (Å²) in [5, 5.41) is 13.9. The second-order valence-corrected chi connectivity index (χ2v) is 6.76. The van der Waals surface area contributed by atoms with Crippen LogP contribution in [0.25, 0.3) is 0 Å². The number of rotatable bonds is 6. The monoisotopic (exact) mass is 245 g/mol. The van der Waals surface area contributed by atoms with Crippen LogP contribution in [0.15, 0.2) is 0 Å². The van der Waals surface area contributed by atoms with E-state index >= 15 is 0 Å². The molecule has 0 radical (unpaired) electrons. The van der Waals surface area contributed by atoms with E-state index in [0.717, 1.165) is 24.1 Å². The van der Waals surface area contributed by atoms with Crippen LogP contribution in [-0.2, 0) is 0 Å². The lowest BCUT2D eigenvalue weighted by molar-refractivity contribution is 0.287. The minimum Gasteiger partial charge on any atom is -0.396 e. The molecule has 0 spiro atoms. The molecular weight excluding hydrogens is 218 g/mol. The molecule has 2 N–H and O–H groups in total. The van der Waals surface area contributed by atoms with Crippen LogP contribution in [0.3, 0.4) is 0 Å². The standard InChI is InChI=1S/C13H27NOS/c1-4-14-12-6-5-10(2)9-13(12)16-11(3)7-8-15/h10-15H,4-9H2,1-3H3. The number of nitrogens with one attached hydrogen (secondary N) is 1. The van der Waals surface area contributed by atoms with Gasteiger partial charge in [0.2, 0.25) is 0 Å². The van der Waals surface area contributed by atoms with Crippen LogP contribution in [0.1, 0.15) is 46.5 Å². The zero-order chi connectivity index (χ0) is 12.0. The van der Waals surface area contributed by atoms with Gasteiger partial charge in [-0.15, -0.1) is 0 Å². The van der Waals surface area contributed by atoms with Crippen LogP contribution in [0.4, 0.5) is 0 Å². The second kappa shape index (κ2) is 7.57. The summed E-state index contributed by atoms with van der Waals surface area (Å²) >= 11 is 2.07. The molecule has 0 aromatic heterocycles. The molecule has 4 unspecified atom stereocenters. The first-order valence-corrected chi connectivity index (χ1v) is 7.61. The number of thioether (sulfide) groups is 1. The Bertz CT molecular complexity index is 189. The summed E-state index contributed by atoms with van der Waals surface area (Å²) in [4.78, 5) is 0. The Balaban J connectivity index is 2.43. The molecule has 1 aliphatic carbocycles. The molecule has 0 heterocycles. The zero-order valence-corrected chi connectivity index (χ0v) is 11.7. The smallest absolute Gasteiger partial charge is 0.0441 e. The fourth-order valence-corrected chi connectivity index (χ4v) is 4.22. The predicted molar refractivity (Wildman–Crippen MR) is 73.0 cm³/mol. The molecule has 96 valence electrons. The number of hydrogen-bond acceptors (Lipinski definition) is 3. The van der Waals surface area contributed by atoms with Gasteiger partial charge in [0.15, 0.2) is 0 Å². The molecule has 2 nitrogen and oxygen atoms in total. The molecule has 0 aromatic carbocycles. The Morgan fingerprint density at radius 2 is 2.19 bits per heavy atom. The summed E-state index contributed by atoms with van der Waals surface area (Å²) in [5.41, 5.74) is 0. The van der Waals surface area contributed by atoms with Gasteiger partial charge in [-0.1, -0.05) is 20.8 Å². The summed E-state index contributed by atoms with van der Waals surface area (Å²) in [7, 11) is 0. The summed E-state index contributed by atoms with van der Waals surface area (Å²) in [6, 6.07) is 0.687. The molecular formula is C13H27NOS. The van der Waals surface area contributed by atoms with E-state index in [1.54, 1.807) is 0 Å². The summed E-state index contributed by atoms with van der Waals surface area (Å²) in [6.45, 7) is 8.19. The molecule has 1 aliphatic rings. The summed E-state index contributed by atoms with van der Waals surface area (Å²) < 4.78 is 0. The Morgan fingerprint density at radius 1 is 1.44 bits per heavy atom. The van der Waals surface area contributed by atoms with Gasteiger partial charge < -0.3 is 10.4 Å². The predicted octanol–water partition coefficient (Wildman–Crippen LogP) is 2.66. The van der Waals surface area contributed by atoms with Crippen molar-refractivity contribution in [3.8, 4) is 0 Å². The summed E-state index contributed by atoms with van der Waals surface area (Å²) in [5.74, 6) is 0.869. The van der Waals surface area contributed by atoms with Gasteiger partial charge in [-0.2, -0.15) is 11.8 Å². The Labute approximate surface area is 105 Å². The van der Waals surface area contributed by atoms with Crippen molar-refractivity contribution in [2.45, 2.75) is 63.0 Å². The van der Waals surface area contributed by atoms with Crippen molar-refractivity contribution in [1.82, 2.24) is 5.32 Å². The van der Waals surface area contributed by atoms with Gasteiger partial charge in [-0.25, -0.2) is 0 Å². The minimum atomic E-state index is 0.322. The highest BCUT2D eigenvalue weighted by molar-refractivity contribution is 8.00. The van der Waals surface area contributed by atoms with Crippen molar-refractivity contribution in [3.05, 3.63) is 0 Å². The molecule has 0 aromatic rings. The lowest BCUT2D eigenvalue weighted by Crippen LogP contribution is -2.42. The van der Waals surface area contributed by atoms with Crippen LogP contribution in [0.2, 0.25) is 0 Å². The van der Waals surface area contributed by atoms with E-state index in [4.69, 9.17) is 5.11 Å². The van der Waals surface area contributed by atoms with Gasteiger partial charge in [0.1, 0.15) is 0 Å². The number of aliphatic hydroxyl groups excluding tert-OH is 1. The van der Waals surface area contributed by atoms with E-state index in [2.05, 4.69) is 37.8 Å². The first-order valence-electron chi connectivity index (χ1n) is 6.67. The Hall–Kier alpha value is 0.270. The van der Waals surface area contributed by atoms with Crippen molar-refractivity contribution in [3.63, 3.8) is 0 Å². The van der Waals surface area contributed by atoms with Crippen LogP contribution in [0, 0.1) is 5.92 Å². The maximum absolute atomic E-state index is 8.96. The fraction of sp³-hybridized carbons (Fsp3) is 1.00. The van der Waals surface area contributed by atoms with Gasteiger partial charge in [0, 0.05) is 23.1 Å². The third-order valence-corrected chi connectivity index (χ3v) is 5.03. The Kier molecular flexibility index (Phi) is 6.78. The second-order valence-electron chi connectivity index (χ2n) is 5.08. The highest BCUT2D eigenvalue weighted by atomic mass is 32.2. The number of aliphatic hydroxyl groups is 1. The van der Waals surface area contributed by atoms with E-state index < -0.39 is 0 Å². The normalized spacial score (nSPS) is 32.6. The topological polar surface area (TPSA) is 32.3 Å². The van der Waals surface area contributed by atoms with Crippen molar-refractivity contribution in [1.29, 1.82) is 0 Å². The van der Waals surface area contributed by atoms with Crippen LogP contribution in [-0.4, -0.2) is 34.8 Å². The lowest BCUT2D eigenvalue weighted by atomic mass is 9.87. The van der Waals surface area contributed by atoms with Crippen molar-refractivity contribution in [2.75, 3.05) is 13.2 Å². The molecule has 16 heavy (non-hydrogen) atoms. The fourth-order valence-electron chi connectivity index (χ4n) is 2.52. The molecule has 1 fully saturated rings. The van der Waals surface area contributed by atoms with Gasteiger partial charge in [-0.3, -0.25) is 0 Å². The minimum absolute atomic E-state index is 0.322. The largest absolute Gasteiger partial charge is 0.396 e. The van der Waals surface area contributed by atoms with E-state index in [1.165, 1.54) is 19.3 Å². The van der Waals surface area contributed by atoms with E-state index in [-0.39, 0.29) is 0 Å². The van der Waals surface area contributed by atoms with Crippen LogP contribution < -0.4 is 5.32 Å². The van der Waals surface area contributed by atoms with Crippen molar-refractivity contribution >= 4 is 11.8 Å². The lowest BCUT2D eigenvalue weighted by Gasteiger charge is -2.36. The molecule has 1 saturated carbocycles. The SMILES string of the molecule is CCNC1CCC(C)CC1SC(C)CCO. The third-order valence-electron chi connectivity index (χ3n) is 3.46. The summed E-state index contributed by atoms with van der Waals surface area (Å²) in [6.07, 6.45) is 4.94. The highest BCUT2D eigenvalue weighted by Crippen LogP contribution is 2.35. The first kappa shape index (κ1) is 14.3. The maximum Gasteiger partial charge on any atom is 0.0441 e. The average molecular weight is 245 g/mol. The zero-order valence-electron chi connectivity index (χ0n) is 10.9. The molecule has 0 amide bonds. The van der Waals surface area contributed by atoms with Crippen molar-refractivity contribution < 1.29 is 5.11 Å². The van der Waals surface area contributed by atoms with Gasteiger partial charge in [0.25, 0.3) is 0 Å².